The fourth-order valence-corrected chi connectivity index (χ4v) is 3.57. The first-order chi connectivity index (χ1) is 11.3. The average molecular weight is 366 g/mol. The van der Waals surface area contributed by atoms with Crippen LogP contribution in [0.1, 0.15) is 48.0 Å². The summed E-state index contributed by atoms with van der Waals surface area (Å²) >= 11 is 0. The van der Waals surface area contributed by atoms with Crippen LogP contribution in [0.25, 0.3) is 0 Å². The van der Waals surface area contributed by atoms with Crippen LogP contribution in [0, 0.1) is 0 Å². The number of amides is 1. The summed E-state index contributed by atoms with van der Waals surface area (Å²) in [7, 11) is -2.03. The molecule has 0 saturated heterocycles. The Kier molecular flexibility index (Phi) is 5.30. The maximum absolute atomic E-state index is 12.5. The van der Waals surface area contributed by atoms with E-state index in [0.29, 0.717) is 13.0 Å². The molecule has 2 rings (SSSR count). The molecule has 0 aromatic rings. The Hall–Kier alpha value is -1.47. The van der Waals surface area contributed by atoms with Crippen LogP contribution in [0.2, 0.25) is 18.1 Å². The topological polar surface area (TPSA) is 63.5 Å². The van der Waals surface area contributed by atoms with E-state index in [-0.39, 0.29) is 11.1 Å². The van der Waals surface area contributed by atoms with Gasteiger partial charge < -0.3 is 9.16 Å². The van der Waals surface area contributed by atoms with Gasteiger partial charge in [-0.1, -0.05) is 20.8 Å². The van der Waals surface area contributed by atoms with Crippen LogP contribution >= 0.6 is 0 Å². The van der Waals surface area contributed by atoms with Gasteiger partial charge >= 0.3 is 6.09 Å². The second-order valence-electron chi connectivity index (χ2n) is 9.09. The number of nitrogens with zero attached hydrogens (tertiary/aromatic N) is 3. The molecule has 2 heterocycles. The maximum Gasteiger partial charge on any atom is 0.415 e. The van der Waals surface area contributed by atoms with E-state index in [9.17, 15) is 4.79 Å². The molecule has 1 amide bonds. The molecule has 6 nitrogen and oxygen atoms in total. The van der Waals surface area contributed by atoms with Crippen molar-refractivity contribution in [2.45, 2.75) is 77.8 Å². The zero-order valence-corrected chi connectivity index (χ0v) is 17.7. The van der Waals surface area contributed by atoms with Crippen LogP contribution in [0.5, 0.6) is 0 Å². The van der Waals surface area contributed by atoms with Crippen molar-refractivity contribution in [3.63, 3.8) is 0 Å². The first-order valence-corrected chi connectivity index (χ1v) is 11.7. The molecule has 0 fully saturated rings. The number of ether oxygens (including phenoxy) is 1. The van der Waals surface area contributed by atoms with Crippen LogP contribution < -0.4 is 0 Å². The van der Waals surface area contributed by atoms with E-state index in [4.69, 9.17) is 9.16 Å². The molecule has 0 bridgehead atoms. The second-order valence-corrected chi connectivity index (χ2v) is 13.8. The number of carbonyl (C=O) groups excluding carboxylic acids is 1. The molecule has 0 aliphatic carbocycles. The number of hydrogen-bond acceptors (Lipinski definition) is 5. The molecule has 0 aromatic carbocycles. The van der Waals surface area contributed by atoms with Gasteiger partial charge in [0.05, 0.1) is 17.9 Å². The van der Waals surface area contributed by atoms with E-state index in [2.05, 4.69) is 43.9 Å². The highest BCUT2D eigenvalue weighted by molar-refractivity contribution is 6.74. The van der Waals surface area contributed by atoms with Crippen LogP contribution in [0.3, 0.4) is 0 Å². The number of rotatable bonds is 2. The van der Waals surface area contributed by atoms with Crippen molar-refractivity contribution in [1.82, 2.24) is 4.90 Å². The van der Waals surface area contributed by atoms with Gasteiger partial charge in [-0.2, -0.15) is 0 Å². The van der Waals surface area contributed by atoms with Gasteiger partial charge in [0.2, 0.25) is 0 Å². The molecular formula is C18H31N3O3Si. The van der Waals surface area contributed by atoms with Crippen molar-refractivity contribution < 1.29 is 14.0 Å². The highest BCUT2D eigenvalue weighted by atomic mass is 28.4. The van der Waals surface area contributed by atoms with Gasteiger partial charge in [0.1, 0.15) is 18.0 Å². The molecule has 0 saturated carbocycles. The Morgan fingerprint density at radius 1 is 1.20 bits per heavy atom. The van der Waals surface area contributed by atoms with E-state index in [0.717, 1.165) is 11.4 Å². The summed E-state index contributed by atoms with van der Waals surface area (Å²) in [5.41, 5.74) is 1.16. The van der Waals surface area contributed by atoms with Gasteiger partial charge in [0, 0.05) is 12.6 Å². The Balaban J connectivity index is 2.25. The summed E-state index contributed by atoms with van der Waals surface area (Å²) in [5.74, 6) is 0. The smallest absolute Gasteiger partial charge is 0.415 e. The SMILES string of the molecule is CC(C)(C)OC(=O)N1C=NC2=C(N=CC2)C(O[Si](C)(C)C(C)(C)C)C1. The molecule has 0 radical (unpaired) electrons. The lowest BCUT2D eigenvalue weighted by Crippen LogP contribution is -2.48. The van der Waals surface area contributed by atoms with Crippen molar-refractivity contribution in [3.8, 4) is 0 Å². The summed E-state index contributed by atoms with van der Waals surface area (Å²) in [6, 6.07) is 0. The molecule has 25 heavy (non-hydrogen) atoms. The number of aliphatic imine (C=N–C) groups is 2. The summed E-state index contributed by atoms with van der Waals surface area (Å²) in [6.45, 7) is 16.9. The lowest BCUT2D eigenvalue weighted by Gasteiger charge is -2.39. The standard InChI is InChI=1S/C18H31N3O3Si/c1-17(2,3)23-16(22)21-11-14(24-25(7,8)18(4,5)6)15-13(20-12-21)9-10-19-15/h10,12,14H,9,11H2,1-8H3. The summed E-state index contributed by atoms with van der Waals surface area (Å²) in [5, 5.41) is 0.0694. The predicted octanol–water partition coefficient (Wildman–Crippen LogP) is 4.34. The number of carbonyl (C=O) groups is 1. The van der Waals surface area contributed by atoms with Gasteiger partial charge in [-0.15, -0.1) is 0 Å². The van der Waals surface area contributed by atoms with Gasteiger partial charge in [0.25, 0.3) is 0 Å². The van der Waals surface area contributed by atoms with E-state index in [1.54, 1.807) is 6.34 Å². The quantitative estimate of drug-likeness (QED) is 0.684. The molecule has 0 N–H and O–H groups in total. The minimum atomic E-state index is -2.03. The first kappa shape index (κ1) is 19.8. The maximum atomic E-state index is 12.5. The molecule has 7 heteroatoms. The minimum Gasteiger partial charge on any atom is -0.443 e. The fraction of sp³-hybridized carbons (Fsp3) is 0.722. The number of hydrogen-bond donors (Lipinski definition) is 0. The third kappa shape index (κ3) is 4.79. The average Bonchev–Trinajstić information content (AvgIpc) is 2.80. The third-order valence-electron chi connectivity index (χ3n) is 4.70. The molecule has 140 valence electrons. The van der Waals surface area contributed by atoms with E-state index in [1.807, 2.05) is 27.0 Å². The molecule has 2 aliphatic rings. The van der Waals surface area contributed by atoms with Crippen LogP contribution in [0.15, 0.2) is 21.4 Å². The third-order valence-corrected chi connectivity index (χ3v) is 9.19. The van der Waals surface area contributed by atoms with Crippen LogP contribution in [-0.4, -0.2) is 50.1 Å². The van der Waals surface area contributed by atoms with Crippen molar-refractivity contribution >= 4 is 27.0 Å². The molecule has 0 aromatic heterocycles. The lowest BCUT2D eigenvalue weighted by molar-refractivity contribution is 0.0332. The van der Waals surface area contributed by atoms with Crippen molar-refractivity contribution in [1.29, 1.82) is 0 Å². The van der Waals surface area contributed by atoms with Gasteiger partial charge in [0.15, 0.2) is 8.32 Å². The van der Waals surface area contributed by atoms with Gasteiger partial charge in [-0.25, -0.2) is 9.79 Å². The Labute approximate surface area is 152 Å². The van der Waals surface area contributed by atoms with Crippen molar-refractivity contribution in [3.05, 3.63) is 11.4 Å². The normalized spacial score (nSPS) is 21.4. The monoisotopic (exact) mass is 365 g/mol. The van der Waals surface area contributed by atoms with Crippen LogP contribution in [-0.2, 0) is 9.16 Å². The van der Waals surface area contributed by atoms with Crippen molar-refractivity contribution in [2.75, 3.05) is 6.54 Å². The highest BCUT2D eigenvalue weighted by Crippen LogP contribution is 2.39. The van der Waals surface area contributed by atoms with E-state index >= 15 is 0 Å². The molecule has 0 spiro atoms. The fourth-order valence-electron chi connectivity index (χ4n) is 2.32. The second kappa shape index (κ2) is 6.68. The van der Waals surface area contributed by atoms with E-state index in [1.165, 1.54) is 4.90 Å². The van der Waals surface area contributed by atoms with Gasteiger partial charge in [-0.05, 0) is 38.9 Å². The van der Waals surface area contributed by atoms with E-state index < -0.39 is 20.0 Å². The lowest BCUT2D eigenvalue weighted by atomic mass is 10.2. The summed E-state index contributed by atoms with van der Waals surface area (Å²) in [6.07, 6.45) is 3.38. The largest absolute Gasteiger partial charge is 0.443 e. The Morgan fingerprint density at radius 3 is 2.40 bits per heavy atom. The van der Waals surface area contributed by atoms with Gasteiger partial charge in [-0.3, -0.25) is 9.89 Å². The van der Waals surface area contributed by atoms with Crippen molar-refractivity contribution in [2.24, 2.45) is 9.98 Å². The summed E-state index contributed by atoms with van der Waals surface area (Å²) in [4.78, 5) is 22.9. The zero-order chi connectivity index (χ0) is 19.0. The molecule has 1 unspecified atom stereocenters. The summed E-state index contributed by atoms with van der Waals surface area (Å²) < 4.78 is 12.1. The molecule has 2 aliphatic heterocycles. The molecular weight excluding hydrogens is 334 g/mol. The molecule has 1 atom stereocenters. The Morgan fingerprint density at radius 2 is 1.84 bits per heavy atom. The van der Waals surface area contributed by atoms with Crippen LogP contribution in [0.4, 0.5) is 4.79 Å². The minimum absolute atomic E-state index is 0.0694. The Bertz CT molecular complexity index is 624. The highest BCUT2D eigenvalue weighted by Gasteiger charge is 2.42. The number of allylic oxidation sites excluding steroid dienone is 1. The first-order valence-electron chi connectivity index (χ1n) is 8.77. The zero-order valence-electron chi connectivity index (χ0n) is 16.7. The predicted molar refractivity (Wildman–Crippen MR) is 104 cm³/mol.